The zero-order valence-corrected chi connectivity index (χ0v) is 15.5. The summed E-state index contributed by atoms with van der Waals surface area (Å²) in [5, 5.41) is 0. The first-order valence-corrected chi connectivity index (χ1v) is 10.6. The van der Waals surface area contributed by atoms with Gasteiger partial charge in [-0.2, -0.15) is 4.31 Å². The van der Waals surface area contributed by atoms with Crippen LogP contribution in [0.2, 0.25) is 0 Å². The van der Waals surface area contributed by atoms with E-state index in [-0.39, 0.29) is 5.97 Å². The molecule has 1 aromatic heterocycles. The molecule has 5 nitrogen and oxygen atoms in total. The number of nitrogens with zero attached hydrogens (tertiary/aromatic N) is 1. The third-order valence-electron chi connectivity index (χ3n) is 5.04. The average molecular weight is 377 g/mol. The largest absolute Gasteiger partial charge is 0.450 e. The minimum absolute atomic E-state index is 0.308. The molecule has 1 saturated heterocycles. The van der Waals surface area contributed by atoms with Crippen LogP contribution in [0.3, 0.4) is 0 Å². The van der Waals surface area contributed by atoms with Crippen molar-refractivity contribution in [1.29, 1.82) is 0 Å². The monoisotopic (exact) mass is 377 g/mol. The number of aryl methyl sites for hydroxylation is 1. The van der Waals surface area contributed by atoms with Crippen molar-refractivity contribution in [2.45, 2.75) is 36.0 Å². The Morgan fingerprint density at radius 2 is 1.88 bits per heavy atom. The van der Waals surface area contributed by atoms with Gasteiger partial charge in [0.2, 0.25) is 0 Å². The van der Waals surface area contributed by atoms with Crippen LogP contribution in [0.5, 0.6) is 0 Å². The normalized spacial score (nSPS) is 19.8. The summed E-state index contributed by atoms with van der Waals surface area (Å²) in [6.07, 6.45) is 1.80. The molecule has 0 aliphatic carbocycles. The second-order valence-corrected chi connectivity index (χ2v) is 9.74. The number of esters is 1. The maximum Gasteiger partial charge on any atom is 0.339 e. The fraction of sp³-hybridized carbons (Fsp3) is 0.389. The molecule has 2 aromatic rings. The van der Waals surface area contributed by atoms with Crippen molar-refractivity contribution in [3.05, 3.63) is 52.4 Å². The van der Waals surface area contributed by atoms with Crippen LogP contribution < -0.4 is 0 Å². The van der Waals surface area contributed by atoms with Gasteiger partial charge in [0.05, 0.1) is 5.56 Å². The molecule has 2 aliphatic rings. The molecule has 1 fully saturated rings. The molecule has 1 spiro atoms. The number of fused-ring (bicyclic) bond motifs is 2. The van der Waals surface area contributed by atoms with Crippen LogP contribution in [-0.4, -0.2) is 31.8 Å². The van der Waals surface area contributed by atoms with Crippen molar-refractivity contribution in [3.8, 4) is 0 Å². The molecule has 25 heavy (non-hydrogen) atoms. The SMILES string of the molecule is CCc1ccc(S(=O)(=O)N2CCC3(CC2)OC(=O)c2ccccc23)s1. The summed E-state index contributed by atoms with van der Waals surface area (Å²) >= 11 is 1.33. The zero-order valence-electron chi connectivity index (χ0n) is 13.9. The molecule has 7 heteroatoms. The van der Waals surface area contributed by atoms with E-state index in [0.717, 1.165) is 16.9 Å². The summed E-state index contributed by atoms with van der Waals surface area (Å²) in [6.45, 7) is 2.71. The van der Waals surface area contributed by atoms with E-state index in [9.17, 15) is 13.2 Å². The van der Waals surface area contributed by atoms with Crippen LogP contribution in [-0.2, 0) is 26.8 Å². The van der Waals surface area contributed by atoms with Crippen molar-refractivity contribution in [2.75, 3.05) is 13.1 Å². The molecule has 0 radical (unpaired) electrons. The molecule has 1 aromatic carbocycles. The average Bonchev–Trinajstić information content (AvgIpc) is 3.21. The van der Waals surface area contributed by atoms with Crippen molar-refractivity contribution < 1.29 is 17.9 Å². The van der Waals surface area contributed by atoms with E-state index in [4.69, 9.17) is 4.74 Å². The molecule has 0 amide bonds. The standard InChI is InChI=1S/C18H19NO4S2/c1-2-13-7-8-16(24-13)25(21,22)19-11-9-18(10-12-19)15-6-4-3-5-14(15)17(20)23-18/h3-8H,2,9-12H2,1H3. The number of rotatable bonds is 3. The number of hydrogen-bond donors (Lipinski definition) is 0. The van der Waals surface area contributed by atoms with Crippen LogP contribution in [0.15, 0.2) is 40.6 Å². The topological polar surface area (TPSA) is 63.7 Å². The third kappa shape index (κ3) is 2.61. The van der Waals surface area contributed by atoms with Crippen LogP contribution in [0.4, 0.5) is 0 Å². The zero-order chi connectivity index (χ0) is 17.7. The highest BCUT2D eigenvalue weighted by molar-refractivity contribution is 7.91. The number of ether oxygens (including phenoxy) is 1. The van der Waals surface area contributed by atoms with Gasteiger partial charge in [0.15, 0.2) is 0 Å². The number of thiophene rings is 1. The second-order valence-electron chi connectivity index (χ2n) is 6.41. The van der Waals surface area contributed by atoms with Gasteiger partial charge in [-0.3, -0.25) is 0 Å². The predicted octanol–water partition coefficient (Wildman–Crippen LogP) is 3.16. The van der Waals surface area contributed by atoms with E-state index >= 15 is 0 Å². The number of benzene rings is 1. The van der Waals surface area contributed by atoms with E-state index in [1.165, 1.54) is 15.6 Å². The molecular formula is C18H19NO4S2. The quantitative estimate of drug-likeness (QED) is 0.771. The van der Waals surface area contributed by atoms with Gasteiger partial charge in [-0.05, 0) is 24.6 Å². The van der Waals surface area contributed by atoms with E-state index in [2.05, 4.69) is 0 Å². The minimum Gasteiger partial charge on any atom is -0.450 e. The molecule has 4 rings (SSSR count). The van der Waals surface area contributed by atoms with Crippen molar-refractivity contribution in [2.24, 2.45) is 0 Å². The summed E-state index contributed by atoms with van der Waals surface area (Å²) in [4.78, 5) is 13.2. The molecular weight excluding hydrogens is 358 g/mol. The third-order valence-corrected chi connectivity index (χ3v) is 8.63. The Labute approximate surface area is 151 Å². The van der Waals surface area contributed by atoms with Crippen molar-refractivity contribution in [3.63, 3.8) is 0 Å². The summed E-state index contributed by atoms with van der Waals surface area (Å²) < 4.78 is 33.3. The molecule has 0 atom stereocenters. The molecule has 0 N–H and O–H groups in total. The maximum absolute atomic E-state index is 12.9. The Bertz CT molecular complexity index is 924. The van der Waals surface area contributed by atoms with Crippen molar-refractivity contribution in [1.82, 2.24) is 4.31 Å². The summed E-state index contributed by atoms with van der Waals surface area (Å²) in [5.41, 5.74) is 0.815. The lowest BCUT2D eigenvalue weighted by molar-refractivity contribution is -0.0329. The number of piperidine rings is 1. The Hall–Kier alpha value is -1.70. The number of sulfonamides is 1. The highest BCUT2D eigenvalue weighted by Crippen LogP contribution is 2.44. The molecule has 2 aliphatic heterocycles. The van der Waals surface area contributed by atoms with Gasteiger partial charge in [-0.25, -0.2) is 13.2 Å². The van der Waals surface area contributed by atoms with Gasteiger partial charge < -0.3 is 4.74 Å². The van der Waals surface area contributed by atoms with Gasteiger partial charge in [0, 0.05) is 36.4 Å². The smallest absolute Gasteiger partial charge is 0.339 e. The minimum atomic E-state index is -3.48. The van der Waals surface area contributed by atoms with E-state index in [1.807, 2.05) is 31.2 Å². The number of hydrogen-bond acceptors (Lipinski definition) is 5. The van der Waals surface area contributed by atoms with Crippen LogP contribution >= 0.6 is 11.3 Å². The van der Waals surface area contributed by atoms with Gasteiger partial charge in [-0.15, -0.1) is 11.3 Å². The molecule has 0 saturated carbocycles. The summed E-state index contributed by atoms with van der Waals surface area (Å²) in [6, 6.07) is 11.0. The lowest BCUT2D eigenvalue weighted by Crippen LogP contribution is -2.45. The number of carbonyl (C=O) groups excluding carboxylic acids is 1. The first-order chi connectivity index (χ1) is 12.0. The molecule has 0 unspecified atom stereocenters. The van der Waals surface area contributed by atoms with Gasteiger partial charge >= 0.3 is 5.97 Å². The Kier molecular flexibility index (Phi) is 3.97. The van der Waals surface area contributed by atoms with E-state index in [0.29, 0.717) is 35.7 Å². The summed E-state index contributed by atoms with van der Waals surface area (Å²) in [5.74, 6) is -0.308. The van der Waals surface area contributed by atoms with Crippen LogP contribution in [0.25, 0.3) is 0 Å². The molecule has 0 bridgehead atoms. The van der Waals surface area contributed by atoms with Gasteiger partial charge in [0.1, 0.15) is 9.81 Å². The Morgan fingerprint density at radius 1 is 1.16 bits per heavy atom. The van der Waals surface area contributed by atoms with Crippen LogP contribution in [0, 0.1) is 0 Å². The first kappa shape index (κ1) is 16.8. The van der Waals surface area contributed by atoms with Gasteiger partial charge in [0.25, 0.3) is 10.0 Å². The lowest BCUT2D eigenvalue weighted by Gasteiger charge is -2.37. The summed E-state index contributed by atoms with van der Waals surface area (Å²) in [7, 11) is -3.48. The highest BCUT2D eigenvalue weighted by atomic mass is 32.2. The fourth-order valence-electron chi connectivity index (χ4n) is 3.62. The van der Waals surface area contributed by atoms with E-state index in [1.54, 1.807) is 12.1 Å². The van der Waals surface area contributed by atoms with Crippen molar-refractivity contribution >= 4 is 27.3 Å². The number of carbonyl (C=O) groups is 1. The molecule has 132 valence electrons. The van der Waals surface area contributed by atoms with Gasteiger partial charge in [-0.1, -0.05) is 25.1 Å². The Balaban J connectivity index is 1.57. The maximum atomic E-state index is 12.9. The lowest BCUT2D eigenvalue weighted by atomic mass is 9.84. The Morgan fingerprint density at radius 3 is 2.56 bits per heavy atom. The second kappa shape index (κ2) is 5.93. The van der Waals surface area contributed by atoms with Crippen LogP contribution in [0.1, 0.15) is 40.6 Å². The molecule has 3 heterocycles. The fourth-order valence-corrected chi connectivity index (χ4v) is 6.51. The predicted molar refractivity (Wildman–Crippen MR) is 95.2 cm³/mol. The first-order valence-electron chi connectivity index (χ1n) is 8.38. The highest BCUT2D eigenvalue weighted by Gasteiger charge is 2.48. The van der Waals surface area contributed by atoms with E-state index < -0.39 is 15.6 Å².